The number of ether oxygens (including phenoxy) is 1. The summed E-state index contributed by atoms with van der Waals surface area (Å²) in [6.07, 6.45) is 4.07. The molecular formula is C18H23ClN2O2. The van der Waals surface area contributed by atoms with Gasteiger partial charge in [-0.3, -0.25) is 0 Å². The normalized spacial score (nSPS) is 15.8. The third-order valence-electron chi connectivity index (χ3n) is 4.13. The molecule has 1 aliphatic heterocycles. The first-order valence-electron chi connectivity index (χ1n) is 8.07. The lowest BCUT2D eigenvalue weighted by atomic mass is 10.0. The Morgan fingerprint density at radius 3 is 2.83 bits per heavy atom. The first-order chi connectivity index (χ1) is 11.2. The van der Waals surface area contributed by atoms with Crippen LogP contribution >= 0.6 is 11.6 Å². The summed E-state index contributed by atoms with van der Waals surface area (Å²) >= 11 is 6.27. The molecule has 5 heteroatoms. The molecule has 1 aliphatic rings. The molecule has 2 aromatic rings. The van der Waals surface area contributed by atoms with Crippen LogP contribution in [0.3, 0.4) is 0 Å². The second-order valence-corrected chi connectivity index (χ2v) is 6.44. The predicted molar refractivity (Wildman–Crippen MR) is 93.2 cm³/mol. The van der Waals surface area contributed by atoms with E-state index in [1.54, 1.807) is 6.26 Å². The maximum Gasteiger partial charge on any atom is 0.130 e. The molecular weight excluding hydrogens is 312 g/mol. The lowest BCUT2D eigenvalue weighted by Gasteiger charge is -2.26. The minimum Gasteiger partial charge on any atom is -0.489 e. The Kier molecular flexibility index (Phi) is 5.26. The quantitative estimate of drug-likeness (QED) is 0.874. The molecule has 0 aliphatic carbocycles. The Morgan fingerprint density at radius 1 is 1.30 bits per heavy atom. The topological polar surface area (TPSA) is 46.4 Å². The van der Waals surface area contributed by atoms with Crippen molar-refractivity contribution in [2.24, 2.45) is 0 Å². The lowest BCUT2D eigenvalue weighted by Crippen LogP contribution is -2.34. The fourth-order valence-electron chi connectivity index (χ4n) is 2.97. The molecule has 4 nitrogen and oxygen atoms in total. The van der Waals surface area contributed by atoms with Crippen molar-refractivity contribution < 1.29 is 9.15 Å². The van der Waals surface area contributed by atoms with Gasteiger partial charge in [-0.25, -0.2) is 0 Å². The van der Waals surface area contributed by atoms with E-state index in [1.807, 2.05) is 32.2 Å². The van der Waals surface area contributed by atoms with Gasteiger partial charge in [0.05, 0.1) is 12.8 Å². The minimum absolute atomic E-state index is 0.249. The SMILES string of the molecule is CNCc1cc(-c2cc(Cl)cc(C)c2OC2CCNCC2)co1. The molecule has 124 valence electrons. The van der Waals surface area contributed by atoms with Gasteiger partial charge in [-0.05, 0) is 63.7 Å². The number of hydrogen-bond donors (Lipinski definition) is 2. The maximum absolute atomic E-state index is 6.34. The molecule has 2 N–H and O–H groups in total. The van der Waals surface area contributed by atoms with Crippen LogP contribution in [0.4, 0.5) is 0 Å². The molecule has 0 atom stereocenters. The summed E-state index contributed by atoms with van der Waals surface area (Å²) < 4.78 is 12.0. The third kappa shape index (κ3) is 3.89. The summed E-state index contributed by atoms with van der Waals surface area (Å²) in [6, 6.07) is 5.95. The highest BCUT2D eigenvalue weighted by Gasteiger charge is 2.19. The Labute approximate surface area is 142 Å². The molecule has 1 fully saturated rings. The van der Waals surface area contributed by atoms with Crippen molar-refractivity contribution in [3.8, 4) is 16.9 Å². The molecule has 23 heavy (non-hydrogen) atoms. The molecule has 0 bridgehead atoms. The number of furan rings is 1. The van der Waals surface area contributed by atoms with E-state index < -0.39 is 0 Å². The van der Waals surface area contributed by atoms with Crippen LogP contribution in [0.5, 0.6) is 5.75 Å². The average Bonchev–Trinajstić information content (AvgIpc) is 3.00. The largest absolute Gasteiger partial charge is 0.489 e. The summed E-state index contributed by atoms with van der Waals surface area (Å²) in [6.45, 7) is 4.75. The zero-order valence-corrected chi connectivity index (χ0v) is 14.4. The fraction of sp³-hybridized carbons (Fsp3) is 0.444. The van der Waals surface area contributed by atoms with Gasteiger partial charge in [-0.15, -0.1) is 0 Å². The van der Waals surface area contributed by atoms with Gasteiger partial charge in [0.15, 0.2) is 0 Å². The Morgan fingerprint density at radius 2 is 2.09 bits per heavy atom. The molecule has 0 amide bonds. The molecule has 0 radical (unpaired) electrons. The summed E-state index contributed by atoms with van der Waals surface area (Å²) in [7, 11) is 1.90. The van der Waals surface area contributed by atoms with E-state index in [1.165, 1.54) is 0 Å². The van der Waals surface area contributed by atoms with Gasteiger partial charge in [-0.1, -0.05) is 11.6 Å². The standard InChI is InChI=1S/C18H23ClN2O2/c1-12-7-14(19)9-17(13-8-16(10-20-2)22-11-13)18(12)23-15-3-5-21-6-4-15/h7-9,11,15,20-21H,3-6,10H2,1-2H3. The van der Waals surface area contributed by atoms with Crippen LogP contribution in [0, 0.1) is 6.92 Å². The van der Waals surface area contributed by atoms with Crippen molar-refractivity contribution >= 4 is 11.6 Å². The van der Waals surface area contributed by atoms with Crippen LogP contribution in [-0.2, 0) is 6.54 Å². The highest BCUT2D eigenvalue weighted by molar-refractivity contribution is 6.31. The summed E-state index contributed by atoms with van der Waals surface area (Å²) in [5.41, 5.74) is 3.06. The number of piperidine rings is 1. The van der Waals surface area contributed by atoms with E-state index in [0.29, 0.717) is 11.6 Å². The van der Waals surface area contributed by atoms with Crippen LogP contribution in [0.25, 0.3) is 11.1 Å². The molecule has 1 saturated heterocycles. The number of nitrogens with one attached hydrogen (secondary N) is 2. The summed E-state index contributed by atoms with van der Waals surface area (Å²) in [5, 5.41) is 7.17. The van der Waals surface area contributed by atoms with Gasteiger partial charge in [-0.2, -0.15) is 0 Å². The molecule has 0 saturated carbocycles. The van der Waals surface area contributed by atoms with E-state index in [9.17, 15) is 0 Å². The van der Waals surface area contributed by atoms with Crippen LogP contribution in [-0.4, -0.2) is 26.2 Å². The number of aryl methyl sites for hydroxylation is 1. The van der Waals surface area contributed by atoms with E-state index in [4.69, 9.17) is 20.8 Å². The highest BCUT2D eigenvalue weighted by Crippen LogP contribution is 2.38. The van der Waals surface area contributed by atoms with Gasteiger partial charge < -0.3 is 19.8 Å². The molecule has 0 unspecified atom stereocenters. The zero-order valence-electron chi connectivity index (χ0n) is 13.6. The third-order valence-corrected chi connectivity index (χ3v) is 4.34. The predicted octanol–water partition coefficient (Wildman–Crippen LogP) is 3.76. The van der Waals surface area contributed by atoms with Crippen molar-refractivity contribution in [1.82, 2.24) is 10.6 Å². The second-order valence-electron chi connectivity index (χ2n) is 6.00. The smallest absolute Gasteiger partial charge is 0.130 e. The monoisotopic (exact) mass is 334 g/mol. The average molecular weight is 335 g/mol. The number of benzene rings is 1. The van der Waals surface area contributed by atoms with Crippen molar-refractivity contribution in [3.05, 3.63) is 40.8 Å². The first kappa shape index (κ1) is 16.4. The molecule has 1 aromatic heterocycles. The highest BCUT2D eigenvalue weighted by atomic mass is 35.5. The van der Waals surface area contributed by atoms with Crippen LogP contribution in [0.15, 0.2) is 28.9 Å². The van der Waals surface area contributed by atoms with Crippen molar-refractivity contribution in [2.75, 3.05) is 20.1 Å². The van der Waals surface area contributed by atoms with Gasteiger partial charge in [0.2, 0.25) is 0 Å². The fourth-order valence-corrected chi connectivity index (χ4v) is 3.24. The van der Waals surface area contributed by atoms with E-state index in [2.05, 4.69) is 10.6 Å². The van der Waals surface area contributed by atoms with Gasteiger partial charge >= 0.3 is 0 Å². The lowest BCUT2D eigenvalue weighted by molar-refractivity contribution is 0.162. The van der Waals surface area contributed by atoms with E-state index >= 15 is 0 Å². The van der Waals surface area contributed by atoms with Crippen LogP contribution in [0.2, 0.25) is 5.02 Å². The number of halogens is 1. The van der Waals surface area contributed by atoms with Crippen molar-refractivity contribution in [2.45, 2.75) is 32.4 Å². The molecule has 2 heterocycles. The number of hydrogen-bond acceptors (Lipinski definition) is 4. The van der Waals surface area contributed by atoms with Gasteiger partial charge in [0.1, 0.15) is 17.6 Å². The summed E-state index contributed by atoms with van der Waals surface area (Å²) in [5.74, 6) is 1.81. The van der Waals surface area contributed by atoms with Gasteiger partial charge in [0.25, 0.3) is 0 Å². The molecule has 0 spiro atoms. The summed E-state index contributed by atoms with van der Waals surface area (Å²) in [4.78, 5) is 0. The Hall–Kier alpha value is -1.49. The van der Waals surface area contributed by atoms with Gasteiger partial charge in [0, 0.05) is 16.1 Å². The van der Waals surface area contributed by atoms with Crippen LogP contribution in [0.1, 0.15) is 24.2 Å². The first-order valence-corrected chi connectivity index (χ1v) is 8.45. The van der Waals surface area contributed by atoms with Crippen LogP contribution < -0.4 is 15.4 Å². The maximum atomic E-state index is 6.34. The van der Waals surface area contributed by atoms with Crippen molar-refractivity contribution in [3.63, 3.8) is 0 Å². The van der Waals surface area contributed by atoms with E-state index in [0.717, 1.165) is 54.1 Å². The molecule has 3 rings (SSSR count). The van der Waals surface area contributed by atoms with Crippen molar-refractivity contribution in [1.29, 1.82) is 0 Å². The Balaban J connectivity index is 1.93. The minimum atomic E-state index is 0.249. The number of rotatable bonds is 5. The molecule has 1 aromatic carbocycles. The zero-order chi connectivity index (χ0) is 16.2. The van der Waals surface area contributed by atoms with E-state index in [-0.39, 0.29) is 6.10 Å². The Bertz CT molecular complexity index is 663. The second kappa shape index (κ2) is 7.39.